The quantitative estimate of drug-likeness (QED) is 0.909. The Kier molecular flexibility index (Phi) is 4.23. The van der Waals surface area contributed by atoms with E-state index in [4.69, 9.17) is 21.4 Å². The van der Waals surface area contributed by atoms with Gasteiger partial charge in [0.25, 0.3) is 0 Å². The van der Waals surface area contributed by atoms with E-state index in [1.54, 1.807) is 17.4 Å². The van der Waals surface area contributed by atoms with Crippen molar-refractivity contribution in [1.82, 2.24) is 0 Å². The molecule has 0 saturated carbocycles. The normalized spacial score (nSPS) is 10.3. The van der Waals surface area contributed by atoms with Crippen LogP contribution < -0.4 is 4.74 Å². The van der Waals surface area contributed by atoms with Crippen molar-refractivity contribution in [2.75, 3.05) is 6.61 Å². The first-order chi connectivity index (χ1) is 8.66. The third-order valence-electron chi connectivity index (χ3n) is 2.36. The second-order valence-electron chi connectivity index (χ2n) is 3.63. The first-order valence-electron chi connectivity index (χ1n) is 5.35. The van der Waals surface area contributed by atoms with Gasteiger partial charge < -0.3 is 9.84 Å². The number of carbonyl (C=O) groups is 1. The summed E-state index contributed by atoms with van der Waals surface area (Å²) in [5, 5.41) is 11.1. The summed E-state index contributed by atoms with van der Waals surface area (Å²) in [5.41, 5.74) is 0.158. The third kappa shape index (κ3) is 3.24. The summed E-state index contributed by atoms with van der Waals surface area (Å²) in [6.45, 7) is 0.520. The van der Waals surface area contributed by atoms with Gasteiger partial charge in [-0.1, -0.05) is 17.7 Å². The average Bonchev–Trinajstić information content (AvgIpc) is 2.84. The zero-order valence-corrected chi connectivity index (χ0v) is 11.0. The number of hydrogen-bond donors (Lipinski definition) is 1. The van der Waals surface area contributed by atoms with Crippen LogP contribution in [0.5, 0.6) is 5.75 Å². The summed E-state index contributed by atoms with van der Waals surface area (Å²) < 4.78 is 5.53. The highest BCUT2D eigenvalue weighted by Gasteiger charge is 2.07. The molecule has 0 aliphatic rings. The third-order valence-corrected chi connectivity index (χ3v) is 3.60. The van der Waals surface area contributed by atoms with E-state index in [1.165, 1.54) is 17.0 Å². The number of carboxylic acids is 1. The molecule has 3 nitrogen and oxygen atoms in total. The predicted molar refractivity (Wildman–Crippen MR) is 71.9 cm³/mol. The van der Waals surface area contributed by atoms with Gasteiger partial charge in [0.2, 0.25) is 0 Å². The molecule has 0 fully saturated rings. The standard InChI is InChI=1S/C13H11ClO3S/c14-11-8-9(13(15)16)3-4-12(11)17-6-5-10-2-1-7-18-10/h1-4,7-8H,5-6H2,(H,15,16). The molecule has 2 aromatic rings. The number of aromatic carboxylic acids is 1. The van der Waals surface area contributed by atoms with Gasteiger partial charge in [0.05, 0.1) is 17.2 Å². The van der Waals surface area contributed by atoms with Crippen LogP contribution in [0.4, 0.5) is 0 Å². The first-order valence-corrected chi connectivity index (χ1v) is 6.60. The lowest BCUT2D eigenvalue weighted by Gasteiger charge is -2.07. The molecule has 0 unspecified atom stereocenters. The van der Waals surface area contributed by atoms with E-state index in [0.717, 1.165) is 6.42 Å². The van der Waals surface area contributed by atoms with Crippen LogP contribution in [0, 0.1) is 0 Å². The van der Waals surface area contributed by atoms with Crippen molar-refractivity contribution < 1.29 is 14.6 Å². The highest BCUT2D eigenvalue weighted by molar-refractivity contribution is 7.09. The molecule has 1 N–H and O–H groups in total. The SMILES string of the molecule is O=C(O)c1ccc(OCCc2cccs2)c(Cl)c1. The number of rotatable bonds is 5. The Bertz CT molecular complexity index is 537. The van der Waals surface area contributed by atoms with Crippen molar-refractivity contribution in [2.45, 2.75) is 6.42 Å². The minimum absolute atomic E-state index is 0.158. The average molecular weight is 283 g/mol. The zero-order valence-electron chi connectivity index (χ0n) is 9.43. The molecule has 0 atom stereocenters. The molecule has 5 heteroatoms. The Morgan fingerprint density at radius 2 is 2.22 bits per heavy atom. The molecule has 0 radical (unpaired) electrons. The van der Waals surface area contributed by atoms with Gasteiger partial charge in [0.1, 0.15) is 5.75 Å². The topological polar surface area (TPSA) is 46.5 Å². The number of halogens is 1. The Morgan fingerprint density at radius 3 is 2.83 bits per heavy atom. The van der Waals surface area contributed by atoms with Crippen LogP contribution in [0.15, 0.2) is 35.7 Å². The van der Waals surface area contributed by atoms with Crippen molar-refractivity contribution in [3.63, 3.8) is 0 Å². The van der Waals surface area contributed by atoms with Crippen molar-refractivity contribution in [3.8, 4) is 5.75 Å². The Balaban J connectivity index is 1.95. The summed E-state index contributed by atoms with van der Waals surface area (Å²) in [5.74, 6) is -0.486. The molecule has 0 aliphatic heterocycles. The summed E-state index contributed by atoms with van der Waals surface area (Å²) >= 11 is 7.63. The Hall–Kier alpha value is -1.52. The van der Waals surface area contributed by atoms with Crippen molar-refractivity contribution in [3.05, 3.63) is 51.2 Å². The molecule has 2 rings (SSSR count). The molecule has 0 amide bonds. The lowest BCUT2D eigenvalue weighted by Crippen LogP contribution is -2.02. The van der Waals surface area contributed by atoms with E-state index in [9.17, 15) is 4.79 Å². The van der Waals surface area contributed by atoms with E-state index in [-0.39, 0.29) is 5.56 Å². The maximum absolute atomic E-state index is 10.7. The molecule has 18 heavy (non-hydrogen) atoms. The zero-order chi connectivity index (χ0) is 13.0. The highest BCUT2D eigenvalue weighted by atomic mass is 35.5. The van der Waals surface area contributed by atoms with Gasteiger partial charge in [-0.15, -0.1) is 11.3 Å². The monoisotopic (exact) mass is 282 g/mol. The molecule has 1 heterocycles. The van der Waals surface area contributed by atoms with Crippen molar-refractivity contribution >= 4 is 28.9 Å². The van der Waals surface area contributed by atoms with Gasteiger partial charge >= 0.3 is 5.97 Å². The summed E-state index contributed by atoms with van der Waals surface area (Å²) in [6.07, 6.45) is 0.814. The van der Waals surface area contributed by atoms with Gasteiger partial charge in [-0.2, -0.15) is 0 Å². The smallest absolute Gasteiger partial charge is 0.335 e. The van der Waals surface area contributed by atoms with Gasteiger partial charge in [-0.05, 0) is 29.6 Å². The number of hydrogen-bond acceptors (Lipinski definition) is 3. The Morgan fingerprint density at radius 1 is 1.39 bits per heavy atom. The predicted octanol–water partition coefficient (Wildman–Crippen LogP) is 3.72. The van der Waals surface area contributed by atoms with Crippen LogP contribution >= 0.6 is 22.9 Å². The molecule has 1 aromatic heterocycles. The van der Waals surface area contributed by atoms with E-state index in [1.807, 2.05) is 17.5 Å². The summed E-state index contributed by atoms with van der Waals surface area (Å²) in [7, 11) is 0. The van der Waals surface area contributed by atoms with E-state index < -0.39 is 5.97 Å². The van der Waals surface area contributed by atoms with Crippen LogP contribution in [0.2, 0.25) is 5.02 Å². The van der Waals surface area contributed by atoms with Crippen LogP contribution in [-0.4, -0.2) is 17.7 Å². The van der Waals surface area contributed by atoms with Gasteiger partial charge in [0, 0.05) is 11.3 Å². The molecule has 0 aliphatic carbocycles. The van der Waals surface area contributed by atoms with E-state index >= 15 is 0 Å². The molecule has 94 valence electrons. The lowest BCUT2D eigenvalue weighted by atomic mass is 10.2. The number of thiophene rings is 1. The first kappa shape index (κ1) is 12.9. The fourth-order valence-electron chi connectivity index (χ4n) is 1.47. The maximum Gasteiger partial charge on any atom is 0.335 e. The van der Waals surface area contributed by atoms with Crippen LogP contribution in [-0.2, 0) is 6.42 Å². The number of carboxylic acid groups (broad SMARTS) is 1. The van der Waals surface area contributed by atoms with Crippen molar-refractivity contribution in [1.29, 1.82) is 0 Å². The fourth-order valence-corrected chi connectivity index (χ4v) is 2.39. The van der Waals surface area contributed by atoms with Gasteiger partial charge in [-0.3, -0.25) is 0 Å². The summed E-state index contributed by atoms with van der Waals surface area (Å²) in [6, 6.07) is 8.50. The van der Waals surface area contributed by atoms with Crippen LogP contribution in [0.3, 0.4) is 0 Å². The Labute approximate surface area is 114 Å². The fraction of sp³-hybridized carbons (Fsp3) is 0.154. The molecule has 0 saturated heterocycles. The second-order valence-corrected chi connectivity index (χ2v) is 5.07. The second kappa shape index (κ2) is 5.89. The van der Waals surface area contributed by atoms with Gasteiger partial charge in [0.15, 0.2) is 0 Å². The van der Waals surface area contributed by atoms with Crippen molar-refractivity contribution in [2.24, 2.45) is 0 Å². The maximum atomic E-state index is 10.7. The number of ether oxygens (including phenoxy) is 1. The molecular weight excluding hydrogens is 272 g/mol. The van der Waals surface area contributed by atoms with Gasteiger partial charge in [-0.25, -0.2) is 4.79 Å². The van der Waals surface area contributed by atoms with Crippen LogP contribution in [0.25, 0.3) is 0 Å². The molecular formula is C13H11ClO3S. The molecule has 1 aromatic carbocycles. The lowest BCUT2D eigenvalue weighted by molar-refractivity contribution is 0.0697. The highest BCUT2D eigenvalue weighted by Crippen LogP contribution is 2.25. The largest absolute Gasteiger partial charge is 0.492 e. The minimum Gasteiger partial charge on any atom is -0.492 e. The summed E-state index contributed by atoms with van der Waals surface area (Å²) in [4.78, 5) is 12.0. The minimum atomic E-state index is -0.998. The van der Waals surface area contributed by atoms with Crippen LogP contribution in [0.1, 0.15) is 15.2 Å². The van der Waals surface area contributed by atoms with E-state index in [0.29, 0.717) is 17.4 Å². The number of benzene rings is 1. The molecule has 0 bridgehead atoms. The van der Waals surface area contributed by atoms with E-state index in [2.05, 4.69) is 0 Å². The molecule has 0 spiro atoms.